The van der Waals surface area contributed by atoms with Gasteiger partial charge in [-0.3, -0.25) is 0 Å². The Morgan fingerprint density at radius 2 is 1.23 bits per heavy atom. The molecule has 0 radical (unpaired) electrons. The molecule has 0 heterocycles. The molecule has 2 heteroatoms. The minimum atomic E-state index is 0.464. The molecule has 0 saturated heterocycles. The van der Waals surface area contributed by atoms with Crippen molar-refractivity contribution in [3.05, 3.63) is 84.4 Å². The standard InChI is InChI=1S/C20H17NO/c22-15-14-16-6-10-19(11-7-16)21-20-12-8-18(9-13-20)17-4-2-1-3-5-17/h1-13,15,21H,14H2. The molecule has 3 aromatic rings. The zero-order valence-corrected chi connectivity index (χ0v) is 12.2. The van der Waals surface area contributed by atoms with Crippen LogP contribution < -0.4 is 5.32 Å². The van der Waals surface area contributed by atoms with E-state index in [2.05, 4.69) is 41.7 Å². The fourth-order valence-corrected chi connectivity index (χ4v) is 2.36. The lowest BCUT2D eigenvalue weighted by Gasteiger charge is -2.08. The second-order valence-corrected chi connectivity index (χ2v) is 5.14. The van der Waals surface area contributed by atoms with Crippen LogP contribution in [0, 0.1) is 0 Å². The van der Waals surface area contributed by atoms with E-state index < -0.39 is 0 Å². The van der Waals surface area contributed by atoms with Gasteiger partial charge in [-0.1, -0.05) is 54.6 Å². The number of aldehydes is 1. The molecular weight excluding hydrogens is 270 g/mol. The van der Waals surface area contributed by atoms with Crippen LogP contribution in [0.15, 0.2) is 78.9 Å². The molecule has 1 N–H and O–H groups in total. The molecular formula is C20H17NO. The van der Waals surface area contributed by atoms with E-state index in [0.717, 1.165) is 23.2 Å². The van der Waals surface area contributed by atoms with E-state index >= 15 is 0 Å². The number of benzene rings is 3. The zero-order valence-electron chi connectivity index (χ0n) is 12.2. The predicted molar refractivity (Wildman–Crippen MR) is 91.4 cm³/mol. The van der Waals surface area contributed by atoms with E-state index in [1.54, 1.807) is 0 Å². The largest absolute Gasteiger partial charge is 0.356 e. The van der Waals surface area contributed by atoms with Crippen LogP contribution in [-0.4, -0.2) is 6.29 Å². The van der Waals surface area contributed by atoms with Gasteiger partial charge >= 0.3 is 0 Å². The highest BCUT2D eigenvalue weighted by molar-refractivity contribution is 5.68. The second kappa shape index (κ2) is 6.72. The third kappa shape index (κ3) is 3.41. The third-order valence-electron chi connectivity index (χ3n) is 3.55. The van der Waals surface area contributed by atoms with Crippen LogP contribution in [0.5, 0.6) is 0 Å². The first-order chi connectivity index (χ1) is 10.8. The summed E-state index contributed by atoms with van der Waals surface area (Å²) < 4.78 is 0. The summed E-state index contributed by atoms with van der Waals surface area (Å²) in [6.07, 6.45) is 1.39. The number of rotatable bonds is 5. The summed E-state index contributed by atoms with van der Waals surface area (Å²) in [5, 5.41) is 3.36. The average Bonchev–Trinajstić information content (AvgIpc) is 2.58. The lowest BCUT2D eigenvalue weighted by Crippen LogP contribution is -1.91. The van der Waals surface area contributed by atoms with Gasteiger partial charge in [0.1, 0.15) is 6.29 Å². The van der Waals surface area contributed by atoms with E-state index in [1.165, 1.54) is 11.1 Å². The Morgan fingerprint density at radius 3 is 1.82 bits per heavy atom. The summed E-state index contributed by atoms with van der Waals surface area (Å²) in [4.78, 5) is 10.5. The minimum absolute atomic E-state index is 0.464. The average molecular weight is 287 g/mol. The molecule has 0 aliphatic heterocycles. The van der Waals surface area contributed by atoms with Crippen molar-refractivity contribution < 1.29 is 4.79 Å². The van der Waals surface area contributed by atoms with E-state index in [0.29, 0.717) is 6.42 Å². The number of carbonyl (C=O) groups excluding carboxylic acids is 1. The Hall–Kier alpha value is -2.87. The molecule has 0 amide bonds. The maximum atomic E-state index is 10.5. The Labute approximate surface area is 130 Å². The maximum absolute atomic E-state index is 10.5. The molecule has 0 aromatic heterocycles. The first-order valence-corrected chi connectivity index (χ1v) is 7.30. The molecule has 0 saturated carbocycles. The summed E-state index contributed by atoms with van der Waals surface area (Å²) in [5.41, 5.74) is 5.50. The molecule has 3 aromatic carbocycles. The normalized spacial score (nSPS) is 10.2. The van der Waals surface area contributed by atoms with Gasteiger partial charge < -0.3 is 10.1 Å². The molecule has 0 unspecified atom stereocenters. The summed E-state index contributed by atoms with van der Waals surface area (Å²) in [5.74, 6) is 0. The number of hydrogen-bond acceptors (Lipinski definition) is 2. The molecule has 0 fully saturated rings. The highest BCUT2D eigenvalue weighted by Gasteiger charge is 1.99. The van der Waals surface area contributed by atoms with Gasteiger partial charge in [-0.2, -0.15) is 0 Å². The number of carbonyl (C=O) groups is 1. The van der Waals surface area contributed by atoms with Crippen molar-refractivity contribution in [2.24, 2.45) is 0 Å². The molecule has 2 nitrogen and oxygen atoms in total. The van der Waals surface area contributed by atoms with Crippen molar-refractivity contribution in [3.63, 3.8) is 0 Å². The first-order valence-electron chi connectivity index (χ1n) is 7.30. The van der Waals surface area contributed by atoms with Crippen LogP contribution in [0.4, 0.5) is 11.4 Å². The SMILES string of the molecule is O=CCc1ccc(Nc2ccc(-c3ccccc3)cc2)cc1. The van der Waals surface area contributed by atoms with Crippen LogP contribution in [0.3, 0.4) is 0 Å². The van der Waals surface area contributed by atoms with Gasteiger partial charge in [-0.05, 0) is 41.0 Å². The molecule has 108 valence electrons. The highest BCUT2D eigenvalue weighted by atomic mass is 16.1. The first kappa shape index (κ1) is 14.1. The molecule has 0 aliphatic rings. The van der Waals surface area contributed by atoms with Gasteiger partial charge in [0, 0.05) is 17.8 Å². The van der Waals surface area contributed by atoms with Crippen LogP contribution in [0.25, 0.3) is 11.1 Å². The lowest BCUT2D eigenvalue weighted by atomic mass is 10.1. The third-order valence-corrected chi connectivity index (χ3v) is 3.55. The second-order valence-electron chi connectivity index (χ2n) is 5.14. The smallest absolute Gasteiger partial charge is 0.124 e. The maximum Gasteiger partial charge on any atom is 0.124 e. The van der Waals surface area contributed by atoms with Gasteiger partial charge in [0.25, 0.3) is 0 Å². The van der Waals surface area contributed by atoms with Crippen molar-refractivity contribution in [1.82, 2.24) is 0 Å². The molecule has 0 aliphatic carbocycles. The summed E-state index contributed by atoms with van der Waals surface area (Å²) in [6, 6.07) is 26.6. The number of nitrogens with one attached hydrogen (secondary N) is 1. The highest BCUT2D eigenvalue weighted by Crippen LogP contribution is 2.23. The summed E-state index contributed by atoms with van der Waals surface area (Å²) in [7, 11) is 0. The van der Waals surface area contributed by atoms with Gasteiger partial charge in [-0.15, -0.1) is 0 Å². The summed E-state index contributed by atoms with van der Waals surface area (Å²) >= 11 is 0. The topological polar surface area (TPSA) is 29.1 Å². The van der Waals surface area contributed by atoms with Gasteiger partial charge in [-0.25, -0.2) is 0 Å². The van der Waals surface area contributed by atoms with Crippen molar-refractivity contribution in [2.45, 2.75) is 6.42 Å². The van der Waals surface area contributed by atoms with E-state index in [4.69, 9.17) is 0 Å². The van der Waals surface area contributed by atoms with Crippen LogP contribution in [0.1, 0.15) is 5.56 Å². The Morgan fingerprint density at radius 1 is 0.682 bits per heavy atom. The monoisotopic (exact) mass is 287 g/mol. The van der Waals surface area contributed by atoms with Crippen molar-refractivity contribution in [2.75, 3.05) is 5.32 Å². The van der Waals surface area contributed by atoms with Gasteiger partial charge in [0.15, 0.2) is 0 Å². The zero-order chi connectivity index (χ0) is 15.2. The minimum Gasteiger partial charge on any atom is -0.356 e. The van der Waals surface area contributed by atoms with Gasteiger partial charge in [0.05, 0.1) is 0 Å². The molecule has 0 bridgehead atoms. The molecule has 0 atom stereocenters. The fraction of sp³-hybridized carbons (Fsp3) is 0.0500. The molecule has 0 spiro atoms. The van der Waals surface area contributed by atoms with Crippen LogP contribution in [-0.2, 0) is 11.2 Å². The van der Waals surface area contributed by atoms with Crippen LogP contribution in [0.2, 0.25) is 0 Å². The van der Waals surface area contributed by atoms with E-state index in [9.17, 15) is 4.79 Å². The van der Waals surface area contributed by atoms with Crippen molar-refractivity contribution >= 4 is 17.7 Å². The molecule has 3 rings (SSSR count). The fourth-order valence-electron chi connectivity index (χ4n) is 2.36. The van der Waals surface area contributed by atoms with Crippen molar-refractivity contribution in [1.29, 1.82) is 0 Å². The van der Waals surface area contributed by atoms with Crippen LogP contribution >= 0.6 is 0 Å². The van der Waals surface area contributed by atoms with E-state index in [1.807, 2.05) is 42.5 Å². The number of hydrogen-bond donors (Lipinski definition) is 1. The Kier molecular flexibility index (Phi) is 4.30. The number of anilines is 2. The molecule has 22 heavy (non-hydrogen) atoms. The predicted octanol–water partition coefficient (Wildman–Crippen LogP) is 4.84. The quantitative estimate of drug-likeness (QED) is 0.680. The van der Waals surface area contributed by atoms with Crippen molar-refractivity contribution in [3.8, 4) is 11.1 Å². The lowest BCUT2D eigenvalue weighted by molar-refractivity contribution is -0.107. The van der Waals surface area contributed by atoms with Gasteiger partial charge in [0.2, 0.25) is 0 Å². The Bertz CT molecular complexity index is 731. The summed E-state index contributed by atoms with van der Waals surface area (Å²) in [6.45, 7) is 0. The van der Waals surface area contributed by atoms with E-state index in [-0.39, 0.29) is 0 Å². The Balaban J connectivity index is 1.72.